The van der Waals surface area contributed by atoms with Crippen LogP contribution in [0.4, 0.5) is 0 Å². The maximum Gasteiger partial charge on any atom is 0.371 e. The first-order valence-corrected chi connectivity index (χ1v) is 5.55. The van der Waals surface area contributed by atoms with E-state index in [-0.39, 0.29) is 11.0 Å². The van der Waals surface area contributed by atoms with Crippen molar-refractivity contribution in [3.63, 3.8) is 0 Å². The molecule has 1 aromatic heterocycles. The lowest BCUT2D eigenvalue weighted by Crippen LogP contribution is -1.96. The summed E-state index contributed by atoms with van der Waals surface area (Å²) in [6.45, 7) is 1.94. The highest BCUT2D eigenvalue weighted by atomic mass is 32.2. The summed E-state index contributed by atoms with van der Waals surface area (Å²) < 4.78 is 5.05. The molecule has 5 heteroatoms. The highest BCUT2D eigenvalue weighted by Gasteiger charge is 2.11. The predicted molar refractivity (Wildman–Crippen MR) is 56.7 cm³/mol. The van der Waals surface area contributed by atoms with Gasteiger partial charge in [-0.3, -0.25) is 0 Å². The van der Waals surface area contributed by atoms with Crippen molar-refractivity contribution in [2.75, 3.05) is 0 Å². The number of carboxylic acid groups (broad SMARTS) is 1. The summed E-state index contributed by atoms with van der Waals surface area (Å²) in [6, 6.07) is 5.20. The maximum atomic E-state index is 10.5. The lowest BCUT2D eigenvalue weighted by molar-refractivity contribution is 0.0661. The van der Waals surface area contributed by atoms with Gasteiger partial charge in [0, 0.05) is 0 Å². The Balaban J connectivity index is 2.51. The zero-order valence-corrected chi connectivity index (χ0v) is 9.08. The van der Waals surface area contributed by atoms with Gasteiger partial charge in [0.1, 0.15) is 5.76 Å². The quantitative estimate of drug-likeness (QED) is 0.833. The fourth-order valence-electron chi connectivity index (χ4n) is 1.000. The third-order valence-corrected chi connectivity index (χ3v) is 3.11. The smallest absolute Gasteiger partial charge is 0.371 e. The number of carboxylic acids is 1. The minimum absolute atomic E-state index is 0.0596. The molecule has 0 aliphatic rings. The number of hydrogen-bond donors (Lipinski definition) is 1. The fourth-order valence-corrected chi connectivity index (χ4v) is 1.83. The molecule has 1 heterocycles. The molecule has 0 radical (unpaired) electrons. The first-order valence-electron chi connectivity index (χ1n) is 4.50. The third kappa shape index (κ3) is 3.33. The average Bonchev–Trinajstić information content (AvgIpc) is 2.68. The van der Waals surface area contributed by atoms with E-state index in [0.29, 0.717) is 11.5 Å². The van der Waals surface area contributed by atoms with Crippen molar-refractivity contribution >= 4 is 17.7 Å². The van der Waals surface area contributed by atoms with E-state index in [9.17, 15) is 4.79 Å². The topological polar surface area (TPSA) is 74.2 Å². The molecule has 1 unspecified atom stereocenters. The van der Waals surface area contributed by atoms with Gasteiger partial charge in [0.2, 0.25) is 5.76 Å². The number of nitriles is 1. The minimum atomic E-state index is -1.07. The monoisotopic (exact) mass is 225 g/mol. The molecule has 4 nitrogen and oxygen atoms in total. The Hall–Kier alpha value is -1.41. The Morgan fingerprint density at radius 1 is 1.73 bits per heavy atom. The number of nitrogens with zero attached hydrogens (tertiary/aromatic N) is 1. The maximum absolute atomic E-state index is 10.5. The number of rotatable bonds is 5. The van der Waals surface area contributed by atoms with Crippen LogP contribution in [-0.2, 0) is 5.75 Å². The van der Waals surface area contributed by atoms with Crippen molar-refractivity contribution in [2.24, 2.45) is 0 Å². The van der Waals surface area contributed by atoms with Gasteiger partial charge in [0.25, 0.3) is 0 Å². The van der Waals surface area contributed by atoms with E-state index in [1.807, 2.05) is 6.92 Å². The average molecular weight is 225 g/mol. The molecule has 0 fully saturated rings. The molecule has 80 valence electrons. The van der Waals surface area contributed by atoms with Crippen LogP contribution in [0.2, 0.25) is 0 Å². The number of hydrogen-bond acceptors (Lipinski definition) is 4. The van der Waals surface area contributed by atoms with E-state index in [1.165, 1.54) is 17.8 Å². The first-order chi connectivity index (χ1) is 7.17. The molecule has 0 saturated carbocycles. The van der Waals surface area contributed by atoms with Gasteiger partial charge in [0.15, 0.2) is 0 Å². The van der Waals surface area contributed by atoms with Crippen LogP contribution in [0.1, 0.15) is 29.7 Å². The molecule has 15 heavy (non-hydrogen) atoms. The van der Waals surface area contributed by atoms with Gasteiger partial charge in [-0.15, -0.1) is 11.8 Å². The number of carbonyl (C=O) groups is 1. The second kappa shape index (κ2) is 5.47. The van der Waals surface area contributed by atoms with E-state index < -0.39 is 5.97 Å². The minimum Gasteiger partial charge on any atom is -0.475 e. The third-order valence-electron chi connectivity index (χ3n) is 1.81. The molecule has 1 N–H and O–H groups in total. The van der Waals surface area contributed by atoms with E-state index in [0.717, 1.165) is 6.42 Å². The summed E-state index contributed by atoms with van der Waals surface area (Å²) in [5.74, 6) is -0.0143. The van der Waals surface area contributed by atoms with Crippen molar-refractivity contribution in [3.05, 3.63) is 23.7 Å². The van der Waals surface area contributed by atoms with Crippen molar-refractivity contribution in [3.8, 4) is 6.07 Å². The zero-order valence-electron chi connectivity index (χ0n) is 8.27. The van der Waals surface area contributed by atoms with Gasteiger partial charge in [-0.05, 0) is 18.6 Å². The largest absolute Gasteiger partial charge is 0.475 e. The zero-order chi connectivity index (χ0) is 11.3. The molecule has 1 atom stereocenters. The van der Waals surface area contributed by atoms with Gasteiger partial charge in [-0.25, -0.2) is 4.79 Å². The first kappa shape index (κ1) is 11.7. The number of furan rings is 1. The molecular formula is C10H11NO3S. The van der Waals surface area contributed by atoms with Crippen molar-refractivity contribution in [1.29, 1.82) is 5.26 Å². The van der Waals surface area contributed by atoms with E-state index in [2.05, 4.69) is 6.07 Å². The van der Waals surface area contributed by atoms with Crippen LogP contribution in [-0.4, -0.2) is 16.3 Å². The SMILES string of the molecule is CCC(C#N)SCc1ccc(C(=O)O)o1. The molecule has 0 saturated heterocycles. The van der Waals surface area contributed by atoms with Crippen molar-refractivity contribution in [1.82, 2.24) is 0 Å². The van der Waals surface area contributed by atoms with Gasteiger partial charge in [-0.2, -0.15) is 5.26 Å². The van der Waals surface area contributed by atoms with Crippen LogP contribution >= 0.6 is 11.8 Å². The molecule has 1 rings (SSSR count). The van der Waals surface area contributed by atoms with Gasteiger partial charge in [0.05, 0.1) is 17.1 Å². The van der Waals surface area contributed by atoms with Crippen LogP contribution in [0, 0.1) is 11.3 Å². The molecule has 0 spiro atoms. The van der Waals surface area contributed by atoms with E-state index in [4.69, 9.17) is 14.8 Å². The molecule has 0 amide bonds. The van der Waals surface area contributed by atoms with Crippen LogP contribution in [0.3, 0.4) is 0 Å². The molecule has 0 aliphatic heterocycles. The Bertz CT molecular complexity index is 380. The molecular weight excluding hydrogens is 214 g/mol. The summed E-state index contributed by atoms with van der Waals surface area (Å²) in [7, 11) is 0. The fraction of sp³-hybridized carbons (Fsp3) is 0.400. The van der Waals surface area contributed by atoms with Gasteiger partial charge >= 0.3 is 5.97 Å². The molecule has 0 aromatic carbocycles. The summed E-state index contributed by atoms with van der Waals surface area (Å²) in [5, 5.41) is 17.3. The van der Waals surface area contributed by atoms with E-state index >= 15 is 0 Å². The normalized spacial score (nSPS) is 12.0. The second-order valence-corrected chi connectivity index (χ2v) is 4.10. The van der Waals surface area contributed by atoms with Crippen molar-refractivity contribution in [2.45, 2.75) is 24.3 Å². The van der Waals surface area contributed by atoms with Crippen LogP contribution < -0.4 is 0 Å². The van der Waals surface area contributed by atoms with Crippen LogP contribution in [0.15, 0.2) is 16.5 Å². The highest BCUT2D eigenvalue weighted by Crippen LogP contribution is 2.21. The van der Waals surface area contributed by atoms with Gasteiger partial charge < -0.3 is 9.52 Å². The summed E-state index contributed by atoms with van der Waals surface area (Å²) >= 11 is 1.45. The summed E-state index contributed by atoms with van der Waals surface area (Å²) in [6.07, 6.45) is 0.771. The second-order valence-electron chi connectivity index (χ2n) is 2.91. The predicted octanol–water partition coefficient (Wildman–Crippen LogP) is 2.51. The lowest BCUT2D eigenvalue weighted by atomic mass is 10.4. The van der Waals surface area contributed by atoms with Crippen LogP contribution in [0.25, 0.3) is 0 Å². The Morgan fingerprint density at radius 2 is 2.47 bits per heavy atom. The van der Waals surface area contributed by atoms with Crippen molar-refractivity contribution < 1.29 is 14.3 Å². The molecule has 1 aromatic rings. The standard InChI is InChI=1S/C10H11NO3S/c1-2-8(5-11)15-6-7-3-4-9(14-7)10(12)13/h3-4,8H,2,6H2,1H3,(H,12,13). The molecule has 0 bridgehead atoms. The summed E-state index contributed by atoms with van der Waals surface area (Å²) in [4.78, 5) is 10.5. The number of aromatic carboxylic acids is 1. The Kier molecular flexibility index (Phi) is 4.25. The Labute approximate surface area is 91.9 Å². The lowest BCUT2D eigenvalue weighted by Gasteiger charge is -2.02. The molecule has 0 aliphatic carbocycles. The summed E-state index contributed by atoms with van der Waals surface area (Å²) in [5.41, 5.74) is 0. The van der Waals surface area contributed by atoms with E-state index in [1.54, 1.807) is 6.07 Å². The van der Waals surface area contributed by atoms with Gasteiger partial charge in [-0.1, -0.05) is 6.92 Å². The number of thioether (sulfide) groups is 1. The van der Waals surface area contributed by atoms with Crippen LogP contribution in [0.5, 0.6) is 0 Å². The highest BCUT2D eigenvalue weighted by molar-refractivity contribution is 7.99. The Morgan fingerprint density at radius 3 is 2.93 bits per heavy atom.